The van der Waals surface area contributed by atoms with E-state index in [1.165, 1.54) is 6.92 Å². The summed E-state index contributed by atoms with van der Waals surface area (Å²) in [5, 5.41) is 1.81. The topological polar surface area (TPSA) is 58.5 Å². The number of carbonyl (C=O) groups is 2. The number of amides is 3. The van der Waals surface area contributed by atoms with E-state index in [0.717, 1.165) is 0 Å². The van der Waals surface area contributed by atoms with Crippen LogP contribution in [0.1, 0.15) is 6.92 Å². The molecule has 0 heterocycles. The number of urea groups is 1. The van der Waals surface area contributed by atoms with Crippen molar-refractivity contribution in [1.82, 2.24) is 5.32 Å². The number of terminal acetylenes is 1. The van der Waals surface area contributed by atoms with Gasteiger partial charge < -0.3 is 0 Å². The number of carbonyl (C=O) groups excluding carboxylic acids is 2. The molecule has 0 aliphatic carbocycles. The summed E-state index contributed by atoms with van der Waals surface area (Å²) < 4.78 is 0. The van der Waals surface area contributed by atoms with E-state index in [-0.39, 0.29) is 12.1 Å². The normalized spacial score (nSPS) is 9.80. The Morgan fingerprint density at radius 1 is 1.80 bits per heavy atom. The highest BCUT2D eigenvalue weighted by Crippen LogP contribution is 1.75. The minimum Gasteiger partial charge on any atom is -0.279 e. The van der Waals surface area contributed by atoms with Crippen LogP contribution >= 0.6 is 0 Å². The summed E-state index contributed by atoms with van der Waals surface area (Å²) in [6, 6.07) is -0.745. The van der Waals surface area contributed by atoms with E-state index in [9.17, 15) is 9.59 Å². The fourth-order valence-electron chi connectivity index (χ4n) is 0.267. The third-order valence-corrected chi connectivity index (χ3v) is 0.661. The largest absolute Gasteiger partial charge is 0.348 e. The molecule has 0 unspecified atom stereocenters. The summed E-state index contributed by atoms with van der Waals surface area (Å²) in [4.78, 5) is 23.3. The highest BCUT2D eigenvalue weighted by Gasteiger charge is 1.93. The van der Waals surface area contributed by atoms with Crippen LogP contribution in [0.15, 0.2) is 4.99 Å². The molecule has 1 N–H and O–H groups in total. The van der Waals surface area contributed by atoms with Gasteiger partial charge in [-0.25, -0.2) is 4.79 Å². The summed E-state index contributed by atoms with van der Waals surface area (Å²) in [5.74, 6) is 2.13. The minimum absolute atomic E-state index is 0.236. The first kappa shape index (κ1) is 8.37. The maximum atomic E-state index is 10.4. The van der Waals surface area contributed by atoms with Crippen LogP contribution in [0.4, 0.5) is 4.79 Å². The average molecular weight is 138 g/mol. The zero-order valence-corrected chi connectivity index (χ0v) is 5.42. The van der Waals surface area contributed by atoms with Gasteiger partial charge in [-0.1, -0.05) is 5.92 Å². The number of nitrogens with zero attached hydrogens (tertiary/aromatic N) is 1. The van der Waals surface area contributed by atoms with Crippen LogP contribution in [-0.4, -0.2) is 18.2 Å². The summed E-state index contributed by atoms with van der Waals surface area (Å²) in [7, 11) is 0. The van der Waals surface area contributed by atoms with Crippen LogP contribution in [0, 0.1) is 12.3 Å². The van der Waals surface area contributed by atoms with Crippen molar-refractivity contribution in [3.63, 3.8) is 0 Å². The van der Waals surface area contributed by atoms with Crippen molar-refractivity contribution in [1.29, 1.82) is 0 Å². The SMILES string of the molecule is C#C/C(C)=N/C(=O)NC=O. The maximum absolute atomic E-state index is 10.4. The lowest BCUT2D eigenvalue weighted by atomic mass is 10.4. The molecule has 3 amide bonds. The van der Waals surface area contributed by atoms with Crippen molar-refractivity contribution in [2.75, 3.05) is 0 Å². The zero-order chi connectivity index (χ0) is 7.98. The monoisotopic (exact) mass is 138 g/mol. The average Bonchev–Trinajstić information content (AvgIpc) is 1.88. The van der Waals surface area contributed by atoms with Crippen molar-refractivity contribution < 1.29 is 9.59 Å². The molecule has 0 aliphatic rings. The first-order chi connectivity index (χ1) is 4.70. The number of rotatable bonds is 1. The second kappa shape index (κ2) is 4.27. The molecule has 0 saturated carbocycles. The minimum atomic E-state index is -0.745. The smallest absolute Gasteiger partial charge is 0.279 e. The molecule has 4 nitrogen and oxygen atoms in total. The first-order valence-corrected chi connectivity index (χ1v) is 2.46. The molecule has 10 heavy (non-hydrogen) atoms. The van der Waals surface area contributed by atoms with Crippen molar-refractivity contribution in [3.8, 4) is 12.3 Å². The quantitative estimate of drug-likeness (QED) is 0.313. The van der Waals surface area contributed by atoms with Crippen molar-refractivity contribution in [2.45, 2.75) is 6.92 Å². The van der Waals surface area contributed by atoms with E-state index < -0.39 is 6.03 Å². The Hall–Kier alpha value is -1.63. The number of nitrogens with one attached hydrogen (secondary N) is 1. The summed E-state index contributed by atoms with van der Waals surface area (Å²) in [5.41, 5.74) is 0.236. The number of imide groups is 1. The molecule has 0 aromatic carbocycles. The predicted molar refractivity (Wildman–Crippen MR) is 36.5 cm³/mol. The zero-order valence-electron chi connectivity index (χ0n) is 5.42. The Bertz CT molecular complexity index is 212. The predicted octanol–water partition coefficient (Wildman–Crippen LogP) is -0.0535. The molecule has 0 saturated heterocycles. The number of aliphatic imine (C=N–C) groups is 1. The van der Waals surface area contributed by atoms with E-state index in [1.54, 1.807) is 0 Å². The highest BCUT2D eigenvalue weighted by atomic mass is 16.2. The second-order valence-electron chi connectivity index (χ2n) is 1.41. The molecular formula is C6H6N2O2. The third-order valence-electron chi connectivity index (χ3n) is 0.661. The van der Waals surface area contributed by atoms with Gasteiger partial charge in [-0.3, -0.25) is 10.1 Å². The molecule has 52 valence electrons. The van der Waals surface area contributed by atoms with Gasteiger partial charge in [-0.15, -0.1) is 6.42 Å². The molecule has 0 fully saturated rings. The first-order valence-electron chi connectivity index (χ1n) is 2.46. The van der Waals surface area contributed by atoms with Gasteiger partial charge in [0.1, 0.15) is 0 Å². The van der Waals surface area contributed by atoms with E-state index in [1.807, 2.05) is 5.32 Å². The van der Waals surface area contributed by atoms with Crippen LogP contribution < -0.4 is 5.32 Å². The van der Waals surface area contributed by atoms with Crippen LogP contribution in [0.3, 0.4) is 0 Å². The van der Waals surface area contributed by atoms with Gasteiger partial charge in [0.25, 0.3) is 0 Å². The van der Waals surface area contributed by atoms with Gasteiger partial charge in [0.05, 0.1) is 5.71 Å². The van der Waals surface area contributed by atoms with Gasteiger partial charge in [0.2, 0.25) is 6.41 Å². The van der Waals surface area contributed by atoms with Crippen molar-refractivity contribution in [2.24, 2.45) is 4.99 Å². The van der Waals surface area contributed by atoms with Gasteiger partial charge in [-0.2, -0.15) is 4.99 Å². The summed E-state index contributed by atoms with van der Waals surface area (Å²) >= 11 is 0. The summed E-state index contributed by atoms with van der Waals surface area (Å²) in [6.45, 7) is 1.49. The molecule has 0 bridgehead atoms. The summed E-state index contributed by atoms with van der Waals surface area (Å²) in [6.07, 6.45) is 5.11. The Kier molecular flexibility index (Phi) is 3.57. The van der Waals surface area contributed by atoms with E-state index in [4.69, 9.17) is 6.42 Å². The Morgan fingerprint density at radius 3 is 2.80 bits per heavy atom. The van der Waals surface area contributed by atoms with E-state index in [0.29, 0.717) is 0 Å². The van der Waals surface area contributed by atoms with Crippen LogP contribution in [0.25, 0.3) is 0 Å². The molecule has 0 spiro atoms. The van der Waals surface area contributed by atoms with Gasteiger partial charge in [0.15, 0.2) is 0 Å². The lowest BCUT2D eigenvalue weighted by Gasteiger charge is -1.87. The molecule has 0 radical (unpaired) electrons. The lowest BCUT2D eigenvalue weighted by Crippen LogP contribution is -2.17. The van der Waals surface area contributed by atoms with E-state index >= 15 is 0 Å². The second-order valence-corrected chi connectivity index (χ2v) is 1.41. The Balaban J connectivity index is 4.02. The third kappa shape index (κ3) is 3.38. The van der Waals surface area contributed by atoms with Crippen LogP contribution in [-0.2, 0) is 4.79 Å². The van der Waals surface area contributed by atoms with Crippen LogP contribution in [0.2, 0.25) is 0 Å². The number of hydrogen-bond acceptors (Lipinski definition) is 2. The lowest BCUT2D eigenvalue weighted by molar-refractivity contribution is -0.108. The fourth-order valence-corrected chi connectivity index (χ4v) is 0.267. The maximum Gasteiger partial charge on any atom is 0.348 e. The van der Waals surface area contributed by atoms with Gasteiger partial charge >= 0.3 is 6.03 Å². The molecule has 0 rings (SSSR count). The highest BCUT2D eigenvalue weighted by molar-refractivity contribution is 6.05. The van der Waals surface area contributed by atoms with E-state index in [2.05, 4.69) is 10.9 Å². The van der Waals surface area contributed by atoms with Crippen LogP contribution in [0.5, 0.6) is 0 Å². The Morgan fingerprint density at radius 2 is 2.40 bits per heavy atom. The Labute approximate surface area is 58.3 Å². The molecule has 0 atom stereocenters. The standard InChI is InChI=1S/C6H6N2O2/c1-3-5(2)8-6(10)7-4-9/h1,4H,2H3,(H,7,9,10)/b8-5+. The van der Waals surface area contributed by atoms with Crippen molar-refractivity contribution in [3.05, 3.63) is 0 Å². The van der Waals surface area contributed by atoms with Crippen molar-refractivity contribution >= 4 is 18.2 Å². The number of hydrogen-bond donors (Lipinski definition) is 1. The van der Waals surface area contributed by atoms with Gasteiger partial charge in [-0.05, 0) is 6.92 Å². The molecule has 0 aromatic rings. The molecule has 4 heteroatoms. The fraction of sp³-hybridized carbons (Fsp3) is 0.167. The molecular weight excluding hydrogens is 132 g/mol. The molecule has 0 aliphatic heterocycles. The van der Waals surface area contributed by atoms with Gasteiger partial charge in [0, 0.05) is 0 Å². The molecule has 0 aromatic heterocycles.